The molecule has 1 aromatic rings. The number of pyridine rings is 1. The van der Waals surface area contributed by atoms with Crippen molar-refractivity contribution < 1.29 is 4.74 Å². The van der Waals surface area contributed by atoms with Crippen LogP contribution in [0.2, 0.25) is 0 Å². The highest BCUT2D eigenvalue weighted by atomic mass is 16.5. The number of morpholine rings is 1. The normalized spacial score (nSPS) is 27.4. The molecule has 0 radical (unpaired) electrons. The molecule has 4 heteroatoms. The number of rotatable bonds is 5. The summed E-state index contributed by atoms with van der Waals surface area (Å²) in [6.07, 6.45) is 7.80. The molecule has 2 aliphatic heterocycles. The SMILES string of the molecule is c1cc(CCNCC2CN3CCCC3CO2)ccn1. The molecular formula is C15H23N3O. The summed E-state index contributed by atoms with van der Waals surface area (Å²) in [4.78, 5) is 6.63. The van der Waals surface area contributed by atoms with Crippen LogP contribution in [0.4, 0.5) is 0 Å². The molecule has 3 rings (SSSR count). The number of nitrogens with zero attached hydrogens (tertiary/aromatic N) is 2. The fourth-order valence-corrected chi connectivity index (χ4v) is 3.05. The minimum absolute atomic E-state index is 0.367. The molecule has 1 N–H and O–H groups in total. The maximum absolute atomic E-state index is 5.93. The molecule has 1 aromatic heterocycles. The second-order valence-corrected chi connectivity index (χ2v) is 5.56. The molecule has 2 unspecified atom stereocenters. The molecular weight excluding hydrogens is 238 g/mol. The van der Waals surface area contributed by atoms with Crippen LogP contribution in [0.3, 0.4) is 0 Å². The van der Waals surface area contributed by atoms with Gasteiger partial charge in [-0.15, -0.1) is 0 Å². The fraction of sp³-hybridized carbons (Fsp3) is 0.667. The van der Waals surface area contributed by atoms with Gasteiger partial charge in [0.25, 0.3) is 0 Å². The van der Waals surface area contributed by atoms with E-state index in [0.29, 0.717) is 12.1 Å². The Kier molecular flexibility index (Phi) is 4.43. The molecule has 104 valence electrons. The molecule has 4 nitrogen and oxygen atoms in total. The molecule has 0 amide bonds. The van der Waals surface area contributed by atoms with E-state index in [4.69, 9.17) is 4.74 Å². The molecule has 0 bridgehead atoms. The molecule has 2 saturated heterocycles. The molecule has 2 atom stereocenters. The van der Waals surface area contributed by atoms with Crippen molar-refractivity contribution in [2.75, 3.05) is 32.8 Å². The van der Waals surface area contributed by atoms with E-state index in [-0.39, 0.29) is 0 Å². The topological polar surface area (TPSA) is 37.4 Å². The summed E-state index contributed by atoms with van der Waals surface area (Å²) in [7, 11) is 0. The van der Waals surface area contributed by atoms with Gasteiger partial charge in [-0.25, -0.2) is 0 Å². The highest BCUT2D eigenvalue weighted by molar-refractivity contribution is 5.09. The average molecular weight is 261 g/mol. The van der Waals surface area contributed by atoms with Crippen LogP contribution in [0.1, 0.15) is 18.4 Å². The van der Waals surface area contributed by atoms with Gasteiger partial charge in [0.15, 0.2) is 0 Å². The molecule has 0 aliphatic carbocycles. The number of fused-ring (bicyclic) bond motifs is 1. The standard InChI is InChI=1S/C15H23N3O/c1-2-14-12-19-15(11-18(14)9-1)10-17-8-5-13-3-6-16-7-4-13/h3-4,6-7,14-15,17H,1-2,5,8-12H2. The predicted octanol–water partition coefficient (Wildman–Crippen LogP) is 1.08. The lowest BCUT2D eigenvalue weighted by atomic mass is 10.2. The number of hydrogen-bond donors (Lipinski definition) is 1. The van der Waals surface area contributed by atoms with Gasteiger partial charge >= 0.3 is 0 Å². The largest absolute Gasteiger partial charge is 0.374 e. The van der Waals surface area contributed by atoms with Crippen LogP contribution in [0, 0.1) is 0 Å². The van der Waals surface area contributed by atoms with E-state index in [1.807, 2.05) is 12.4 Å². The Balaban J connectivity index is 1.34. The van der Waals surface area contributed by atoms with E-state index >= 15 is 0 Å². The Labute approximate surface area is 115 Å². The first-order valence-electron chi connectivity index (χ1n) is 7.37. The predicted molar refractivity (Wildman–Crippen MR) is 75.1 cm³/mol. The van der Waals surface area contributed by atoms with Crippen molar-refractivity contribution in [2.45, 2.75) is 31.4 Å². The van der Waals surface area contributed by atoms with E-state index in [1.54, 1.807) is 0 Å². The lowest BCUT2D eigenvalue weighted by molar-refractivity contribution is -0.0468. The lowest BCUT2D eigenvalue weighted by Gasteiger charge is -2.35. The van der Waals surface area contributed by atoms with Crippen molar-refractivity contribution in [1.82, 2.24) is 15.2 Å². The average Bonchev–Trinajstić information content (AvgIpc) is 2.92. The molecule has 2 fully saturated rings. The van der Waals surface area contributed by atoms with E-state index in [9.17, 15) is 0 Å². The van der Waals surface area contributed by atoms with Gasteiger partial charge in [0.1, 0.15) is 0 Å². The van der Waals surface area contributed by atoms with Crippen LogP contribution in [0.25, 0.3) is 0 Å². The summed E-state index contributed by atoms with van der Waals surface area (Å²) >= 11 is 0. The molecule has 19 heavy (non-hydrogen) atoms. The highest BCUT2D eigenvalue weighted by Crippen LogP contribution is 2.22. The summed E-state index contributed by atoms with van der Waals surface area (Å²) in [5.41, 5.74) is 1.34. The molecule has 2 aliphatic rings. The highest BCUT2D eigenvalue weighted by Gasteiger charge is 2.31. The first-order chi connectivity index (χ1) is 9.42. The van der Waals surface area contributed by atoms with E-state index < -0.39 is 0 Å². The summed E-state index contributed by atoms with van der Waals surface area (Å²) < 4.78 is 5.93. The van der Waals surface area contributed by atoms with E-state index in [1.165, 1.54) is 24.9 Å². The molecule has 0 spiro atoms. The minimum atomic E-state index is 0.367. The number of hydrogen-bond acceptors (Lipinski definition) is 4. The quantitative estimate of drug-likeness (QED) is 0.805. The summed E-state index contributed by atoms with van der Waals surface area (Å²) in [5.74, 6) is 0. The molecule has 0 saturated carbocycles. The van der Waals surface area contributed by atoms with Crippen molar-refractivity contribution in [3.8, 4) is 0 Å². The summed E-state index contributed by atoms with van der Waals surface area (Å²) in [6.45, 7) is 5.27. The third kappa shape index (κ3) is 3.53. The Hall–Kier alpha value is -0.970. The van der Waals surface area contributed by atoms with Crippen LogP contribution >= 0.6 is 0 Å². The number of ether oxygens (including phenoxy) is 1. The van der Waals surface area contributed by atoms with Crippen molar-refractivity contribution in [3.63, 3.8) is 0 Å². The maximum Gasteiger partial charge on any atom is 0.0826 e. The fourth-order valence-electron chi connectivity index (χ4n) is 3.05. The third-order valence-electron chi connectivity index (χ3n) is 4.17. The van der Waals surface area contributed by atoms with Crippen LogP contribution in [0.15, 0.2) is 24.5 Å². The first-order valence-corrected chi connectivity index (χ1v) is 7.37. The van der Waals surface area contributed by atoms with Crippen LogP contribution in [-0.4, -0.2) is 54.8 Å². The first kappa shape index (κ1) is 13.0. The van der Waals surface area contributed by atoms with Gasteiger partial charge in [-0.05, 0) is 50.0 Å². The van der Waals surface area contributed by atoms with Crippen LogP contribution in [0.5, 0.6) is 0 Å². The van der Waals surface area contributed by atoms with Crippen LogP contribution < -0.4 is 5.32 Å². The minimum Gasteiger partial charge on any atom is -0.374 e. The zero-order chi connectivity index (χ0) is 12.9. The van der Waals surface area contributed by atoms with Crippen molar-refractivity contribution >= 4 is 0 Å². The zero-order valence-electron chi connectivity index (χ0n) is 11.4. The van der Waals surface area contributed by atoms with E-state index in [0.717, 1.165) is 32.7 Å². The lowest BCUT2D eigenvalue weighted by Crippen LogP contribution is -2.49. The maximum atomic E-state index is 5.93. The van der Waals surface area contributed by atoms with Gasteiger partial charge in [0.2, 0.25) is 0 Å². The van der Waals surface area contributed by atoms with Gasteiger partial charge in [-0.2, -0.15) is 0 Å². The second kappa shape index (κ2) is 6.46. The van der Waals surface area contributed by atoms with Gasteiger partial charge < -0.3 is 10.1 Å². The zero-order valence-corrected chi connectivity index (χ0v) is 11.4. The smallest absolute Gasteiger partial charge is 0.0826 e. The van der Waals surface area contributed by atoms with Gasteiger partial charge in [-0.3, -0.25) is 9.88 Å². The van der Waals surface area contributed by atoms with Gasteiger partial charge in [0.05, 0.1) is 12.7 Å². The van der Waals surface area contributed by atoms with Gasteiger partial charge in [0, 0.05) is 31.5 Å². The summed E-state index contributed by atoms with van der Waals surface area (Å²) in [6, 6.07) is 4.86. The second-order valence-electron chi connectivity index (χ2n) is 5.56. The van der Waals surface area contributed by atoms with E-state index in [2.05, 4.69) is 27.3 Å². The van der Waals surface area contributed by atoms with Crippen LogP contribution in [-0.2, 0) is 11.2 Å². The third-order valence-corrected chi connectivity index (χ3v) is 4.17. The monoisotopic (exact) mass is 261 g/mol. The number of nitrogens with one attached hydrogen (secondary N) is 1. The summed E-state index contributed by atoms with van der Waals surface area (Å²) in [5, 5.41) is 3.51. The molecule has 0 aromatic carbocycles. The number of aromatic nitrogens is 1. The molecule has 3 heterocycles. The Morgan fingerprint density at radius 3 is 3.16 bits per heavy atom. The van der Waals surface area contributed by atoms with Gasteiger partial charge in [-0.1, -0.05) is 0 Å². The Bertz CT molecular complexity index is 384. The van der Waals surface area contributed by atoms with Crippen molar-refractivity contribution in [1.29, 1.82) is 0 Å². The van der Waals surface area contributed by atoms with Crippen molar-refractivity contribution in [3.05, 3.63) is 30.1 Å². The Morgan fingerprint density at radius 2 is 2.26 bits per heavy atom. The Morgan fingerprint density at radius 1 is 1.37 bits per heavy atom. The van der Waals surface area contributed by atoms with Crippen molar-refractivity contribution in [2.24, 2.45) is 0 Å².